The molecule has 1 aliphatic carbocycles. The van der Waals surface area contributed by atoms with Gasteiger partial charge in [-0.1, -0.05) is 13.3 Å². The maximum Gasteiger partial charge on any atom is 0.273 e. The van der Waals surface area contributed by atoms with Crippen LogP contribution >= 0.6 is 0 Å². The van der Waals surface area contributed by atoms with Crippen LogP contribution < -0.4 is 10.1 Å². The van der Waals surface area contributed by atoms with E-state index in [4.69, 9.17) is 4.74 Å². The van der Waals surface area contributed by atoms with Crippen molar-refractivity contribution in [3.05, 3.63) is 33.9 Å². The number of nitrogens with one attached hydrogen (secondary N) is 1. The fourth-order valence-electron chi connectivity index (χ4n) is 3.10. The Morgan fingerprint density at radius 1 is 1.40 bits per heavy atom. The zero-order chi connectivity index (χ0) is 14.5. The van der Waals surface area contributed by atoms with E-state index in [1.54, 1.807) is 13.2 Å². The van der Waals surface area contributed by atoms with Crippen molar-refractivity contribution in [2.24, 2.45) is 5.92 Å². The summed E-state index contributed by atoms with van der Waals surface area (Å²) >= 11 is 0. The first-order valence-electron chi connectivity index (χ1n) is 7.19. The second kappa shape index (κ2) is 6.70. The number of benzene rings is 1. The Labute approximate surface area is 119 Å². The lowest BCUT2D eigenvalue weighted by Gasteiger charge is -2.20. The Morgan fingerprint density at radius 2 is 2.20 bits per heavy atom. The summed E-state index contributed by atoms with van der Waals surface area (Å²) in [7, 11) is 1.54. The van der Waals surface area contributed by atoms with Crippen LogP contribution in [-0.4, -0.2) is 24.6 Å². The maximum atomic E-state index is 11.0. The van der Waals surface area contributed by atoms with E-state index in [-0.39, 0.29) is 10.6 Å². The minimum atomic E-state index is -0.359. The summed E-state index contributed by atoms with van der Waals surface area (Å²) in [5.41, 5.74) is 1.10. The molecule has 5 heteroatoms. The van der Waals surface area contributed by atoms with E-state index in [2.05, 4.69) is 12.2 Å². The predicted molar refractivity (Wildman–Crippen MR) is 78.2 cm³/mol. The van der Waals surface area contributed by atoms with E-state index in [9.17, 15) is 10.1 Å². The van der Waals surface area contributed by atoms with E-state index in [0.717, 1.165) is 18.5 Å². The topological polar surface area (TPSA) is 64.4 Å². The van der Waals surface area contributed by atoms with Crippen LogP contribution in [-0.2, 0) is 6.42 Å². The van der Waals surface area contributed by atoms with Crippen molar-refractivity contribution < 1.29 is 9.66 Å². The lowest BCUT2D eigenvalue weighted by molar-refractivity contribution is -0.385. The fraction of sp³-hybridized carbons (Fsp3) is 0.600. The maximum absolute atomic E-state index is 11.0. The van der Waals surface area contributed by atoms with Gasteiger partial charge in [-0.05, 0) is 43.4 Å². The molecule has 0 radical (unpaired) electrons. The number of nitro benzene ring substituents is 1. The highest BCUT2D eigenvalue weighted by Gasteiger charge is 2.27. The Balaban J connectivity index is 2.15. The van der Waals surface area contributed by atoms with Gasteiger partial charge in [-0.15, -0.1) is 0 Å². The van der Waals surface area contributed by atoms with Gasteiger partial charge in [0.15, 0.2) is 0 Å². The second-order valence-electron chi connectivity index (χ2n) is 5.36. The quantitative estimate of drug-likeness (QED) is 0.642. The zero-order valence-corrected chi connectivity index (χ0v) is 12.1. The molecule has 0 heterocycles. The average molecular weight is 278 g/mol. The molecule has 0 amide bonds. The van der Waals surface area contributed by atoms with E-state index in [1.165, 1.54) is 25.3 Å². The largest absolute Gasteiger partial charge is 0.496 e. The summed E-state index contributed by atoms with van der Waals surface area (Å²) in [6.07, 6.45) is 4.48. The predicted octanol–water partition coefficient (Wildman–Crippen LogP) is 2.92. The van der Waals surface area contributed by atoms with Crippen LogP contribution in [0.5, 0.6) is 5.75 Å². The number of methoxy groups -OCH3 is 1. The molecule has 1 N–H and O–H groups in total. The van der Waals surface area contributed by atoms with Crippen molar-refractivity contribution in [1.29, 1.82) is 0 Å². The molecule has 0 spiro atoms. The second-order valence-corrected chi connectivity index (χ2v) is 5.36. The molecule has 0 aliphatic heterocycles. The molecule has 110 valence electrons. The lowest BCUT2D eigenvalue weighted by Crippen LogP contribution is -2.33. The SMILES string of the molecule is CCNC1CCCC1Cc1cc(OC)cc([N+](=O)[O-])c1. The smallest absolute Gasteiger partial charge is 0.273 e. The van der Waals surface area contributed by atoms with Crippen molar-refractivity contribution in [2.75, 3.05) is 13.7 Å². The van der Waals surface area contributed by atoms with E-state index in [0.29, 0.717) is 17.7 Å². The highest BCUT2D eigenvalue weighted by atomic mass is 16.6. The number of ether oxygens (including phenoxy) is 1. The van der Waals surface area contributed by atoms with Crippen LogP contribution in [0.1, 0.15) is 31.7 Å². The Morgan fingerprint density at radius 3 is 2.85 bits per heavy atom. The monoisotopic (exact) mass is 278 g/mol. The molecular weight excluding hydrogens is 256 g/mol. The minimum Gasteiger partial charge on any atom is -0.496 e. The first-order valence-corrected chi connectivity index (χ1v) is 7.19. The number of nitro groups is 1. The summed E-state index contributed by atoms with van der Waals surface area (Å²) in [6, 6.07) is 5.59. The van der Waals surface area contributed by atoms with Crippen LogP contribution in [0, 0.1) is 16.0 Å². The molecule has 0 saturated heterocycles. The Hall–Kier alpha value is -1.62. The zero-order valence-electron chi connectivity index (χ0n) is 12.1. The molecule has 1 aliphatic rings. The van der Waals surface area contributed by atoms with Crippen molar-refractivity contribution in [2.45, 2.75) is 38.6 Å². The summed E-state index contributed by atoms with van der Waals surface area (Å²) in [5, 5.41) is 14.5. The van der Waals surface area contributed by atoms with Crippen molar-refractivity contribution in [3.63, 3.8) is 0 Å². The molecule has 0 bridgehead atoms. The van der Waals surface area contributed by atoms with Gasteiger partial charge in [0, 0.05) is 12.1 Å². The van der Waals surface area contributed by atoms with Gasteiger partial charge in [-0.3, -0.25) is 10.1 Å². The molecule has 5 nitrogen and oxygen atoms in total. The van der Waals surface area contributed by atoms with E-state index < -0.39 is 0 Å². The number of non-ortho nitro benzene ring substituents is 1. The summed E-state index contributed by atoms with van der Waals surface area (Å²) < 4.78 is 5.16. The van der Waals surface area contributed by atoms with Crippen LogP contribution in [0.2, 0.25) is 0 Å². The number of nitrogens with zero attached hydrogens (tertiary/aromatic N) is 1. The van der Waals surface area contributed by atoms with E-state index in [1.807, 2.05) is 6.07 Å². The van der Waals surface area contributed by atoms with Gasteiger partial charge in [0.2, 0.25) is 0 Å². The molecule has 1 fully saturated rings. The molecule has 1 aromatic carbocycles. The Kier molecular flexibility index (Phi) is 4.95. The third kappa shape index (κ3) is 3.48. The molecular formula is C15H22N2O3. The van der Waals surface area contributed by atoms with Gasteiger partial charge in [0.1, 0.15) is 5.75 Å². The molecule has 1 saturated carbocycles. The fourth-order valence-corrected chi connectivity index (χ4v) is 3.10. The molecule has 2 unspecified atom stereocenters. The van der Waals surface area contributed by atoms with Crippen LogP contribution in [0.3, 0.4) is 0 Å². The molecule has 2 rings (SSSR count). The lowest BCUT2D eigenvalue weighted by atomic mass is 9.94. The Bertz CT molecular complexity index is 476. The van der Waals surface area contributed by atoms with Crippen molar-refractivity contribution in [1.82, 2.24) is 5.32 Å². The van der Waals surface area contributed by atoms with Gasteiger partial charge < -0.3 is 10.1 Å². The van der Waals surface area contributed by atoms with Gasteiger partial charge in [0.05, 0.1) is 18.1 Å². The highest BCUT2D eigenvalue weighted by molar-refractivity contribution is 5.43. The van der Waals surface area contributed by atoms with Crippen LogP contribution in [0.25, 0.3) is 0 Å². The minimum absolute atomic E-state index is 0.109. The van der Waals surface area contributed by atoms with Crippen LogP contribution in [0.4, 0.5) is 5.69 Å². The van der Waals surface area contributed by atoms with Gasteiger partial charge >= 0.3 is 0 Å². The molecule has 2 atom stereocenters. The van der Waals surface area contributed by atoms with Crippen LogP contribution in [0.15, 0.2) is 18.2 Å². The molecule has 0 aromatic heterocycles. The molecule has 1 aromatic rings. The summed E-state index contributed by atoms with van der Waals surface area (Å²) in [6.45, 7) is 3.09. The summed E-state index contributed by atoms with van der Waals surface area (Å²) in [5.74, 6) is 1.12. The van der Waals surface area contributed by atoms with Gasteiger partial charge in [-0.2, -0.15) is 0 Å². The summed E-state index contributed by atoms with van der Waals surface area (Å²) in [4.78, 5) is 10.6. The first kappa shape index (κ1) is 14.8. The third-order valence-electron chi connectivity index (χ3n) is 4.02. The third-order valence-corrected chi connectivity index (χ3v) is 4.02. The number of hydrogen-bond donors (Lipinski definition) is 1. The van der Waals surface area contributed by atoms with Crippen molar-refractivity contribution in [3.8, 4) is 5.75 Å². The standard InChI is InChI=1S/C15H22N2O3/c1-3-16-15-6-4-5-12(15)7-11-8-13(17(18)19)10-14(9-11)20-2/h8-10,12,15-16H,3-7H2,1-2H3. The normalized spacial score (nSPS) is 21.9. The number of rotatable bonds is 6. The van der Waals surface area contributed by atoms with Crippen molar-refractivity contribution >= 4 is 5.69 Å². The number of hydrogen-bond acceptors (Lipinski definition) is 4. The first-order chi connectivity index (χ1) is 9.63. The van der Waals surface area contributed by atoms with E-state index >= 15 is 0 Å². The van der Waals surface area contributed by atoms with Gasteiger partial charge in [0.25, 0.3) is 5.69 Å². The highest BCUT2D eigenvalue weighted by Crippen LogP contribution is 2.31. The van der Waals surface area contributed by atoms with Gasteiger partial charge in [-0.25, -0.2) is 0 Å². The average Bonchev–Trinajstić information content (AvgIpc) is 2.86. The molecule has 20 heavy (non-hydrogen) atoms.